The number of unbranched alkanes of at least 4 members (excludes halogenated alkanes) is 1. The Hall–Kier alpha value is -0.570. The molecule has 0 aromatic heterocycles. The molecule has 1 rings (SSSR count). The first kappa shape index (κ1) is 9.52. The second kappa shape index (κ2) is 4.45. The molecule has 3 nitrogen and oxygen atoms in total. The molecule has 0 bridgehead atoms. The summed E-state index contributed by atoms with van der Waals surface area (Å²) in [6.07, 6.45) is 5.22. The van der Waals surface area contributed by atoms with Crippen molar-refractivity contribution in [1.82, 2.24) is 5.32 Å². The van der Waals surface area contributed by atoms with Crippen LogP contribution in [0.4, 0.5) is 0 Å². The van der Waals surface area contributed by atoms with Crippen LogP contribution in [0.25, 0.3) is 0 Å². The van der Waals surface area contributed by atoms with Gasteiger partial charge in [0.15, 0.2) is 0 Å². The lowest BCUT2D eigenvalue weighted by molar-refractivity contribution is -0.122. The molecule has 0 unspecified atom stereocenters. The number of carbonyl (C=O) groups excluding carboxylic acids is 1. The SMILES string of the molecule is CCCC[C@H](N)C(=O)NC1CC1. The van der Waals surface area contributed by atoms with Crippen LogP contribution in [-0.4, -0.2) is 18.0 Å². The highest BCUT2D eigenvalue weighted by molar-refractivity contribution is 5.81. The normalized spacial score (nSPS) is 18.8. The Morgan fingerprint density at radius 3 is 2.83 bits per heavy atom. The molecule has 3 heteroatoms. The minimum absolute atomic E-state index is 0.0333. The molecule has 0 spiro atoms. The number of nitrogens with two attached hydrogens (primary N) is 1. The van der Waals surface area contributed by atoms with E-state index in [4.69, 9.17) is 5.73 Å². The van der Waals surface area contributed by atoms with Gasteiger partial charge in [0.1, 0.15) is 0 Å². The zero-order valence-electron chi connectivity index (χ0n) is 7.68. The predicted octanol–water partition coefficient (Wildman–Crippen LogP) is 0.782. The van der Waals surface area contributed by atoms with Crippen molar-refractivity contribution in [3.05, 3.63) is 0 Å². The fraction of sp³-hybridized carbons (Fsp3) is 0.889. The number of carbonyl (C=O) groups is 1. The Bertz CT molecular complexity index is 155. The van der Waals surface area contributed by atoms with Crippen molar-refractivity contribution < 1.29 is 4.79 Å². The second-order valence-electron chi connectivity index (χ2n) is 3.53. The van der Waals surface area contributed by atoms with Gasteiger partial charge >= 0.3 is 0 Å². The van der Waals surface area contributed by atoms with E-state index in [1.54, 1.807) is 0 Å². The molecule has 1 aliphatic rings. The lowest BCUT2D eigenvalue weighted by Crippen LogP contribution is -2.41. The van der Waals surface area contributed by atoms with E-state index >= 15 is 0 Å². The van der Waals surface area contributed by atoms with Gasteiger partial charge in [-0.2, -0.15) is 0 Å². The fourth-order valence-corrected chi connectivity index (χ4v) is 1.09. The fourth-order valence-electron chi connectivity index (χ4n) is 1.09. The van der Waals surface area contributed by atoms with E-state index in [1.807, 2.05) is 0 Å². The van der Waals surface area contributed by atoms with E-state index in [-0.39, 0.29) is 11.9 Å². The quantitative estimate of drug-likeness (QED) is 0.640. The summed E-state index contributed by atoms with van der Waals surface area (Å²) in [7, 11) is 0. The molecule has 0 saturated heterocycles. The molecule has 0 aromatic carbocycles. The zero-order valence-corrected chi connectivity index (χ0v) is 7.68. The summed E-state index contributed by atoms with van der Waals surface area (Å²) < 4.78 is 0. The molecule has 0 aromatic rings. The van der Waals surface area contributed by atoms with Gasteiger partial charge in [0.05, 0.1) is 6.04 Å². The van der Waals surface area contributed by atoms with E-state index in [9.17, 15) is 4.79 Å². The summed E-state index contributed by atoms with van der Waals surface area (Å²) in [5, 5.41) is 2.90. The summed E-state index contributed by atoms with van der Waals surface area (Å²) in [5.74, 6) is 0.0333. The van der Waals surface area contributed by atoms with Crippen LogP contribution < -0.4 is 11.1 Å². The number of hydrogen-bond donors (Lipinski definition) is 2. The largest absolute Gasteiger partial charge is 0.352 e. The number of hydrogen-bond acceptors (Lipinski definition) is 2. The molecule has 0 heterocycles. The van der Waals surface area contributed by atoms with Crippen molar-refractivity contribution in [2.45, 2.75) is 51.1 Å². The Morgan fingerprint density at radius 2 is 2.33 bits per heavy atom. The van der Waals surface area contributed by atoms with E-state index in [0.29, 0.717) is 6.04 Å². The summed E-state index contributed by atoms with van der Waals surface area (Å²) in [6, 6.07) is 0.149. The van der Waals surface area contributed by atoms with Crippen molar-refractivity contribution >= 4 is 5.91 Å². The van der Waals surface area contributed by atoms with Crippen LogP contribution in [0.15, 0.2) is 0 Å². The maximum Gasteiger partial charge on any atom is 0.237 e. The zero-order chi connectivity index (χ0) is 8.97. The van der Waals surface area contributed by atoms with E-state index in [2.05, 4.69) is 12.2 Å². The van der Waals surface area contributed by atoms with Crippen LogP contribution in [0.1, 0.15) is 39.0 Å². The molecule has 1 aliphatic carbocycles. The minimum atomic E-state index is -0.287. The molecular weight excluding hydrogens is 152 g/mol. The standard InChI is InChI=1S/C9H18N2O/c1-2-3-4-8(10)9(12)11-7-5-6-7/h7-8H,2-6,10H2,1H3,(H,11,12)/t8-/m0/s1. The number of amides is 1. The summed E-state index contributed by atoms with van der Waals surface area (Å²) in [6.45, 7) is 2.10. The van der Waals surface area contributed by atoms with Crippen LogP contribution in [0.3, 0.4) is 0 Å². The van der Waals surface area contributed by atoms with Crippen LogP contribution in [0.5, 0.6) is 0 Å². The number of rotatable bonds is 5. The molecular formula is C9H18N2O. The maximum absolute atomic E-state index is 11.3. The Morgan fingerprint density at radius 1 is 1.67 bits per heavy atom. The average molecular weight is 170 g/mol. The van der Waals surface area contributed by atoms with Gasteiger partial charge in [0.2, 0.25) is 5.91 Å². The van der Waals surface area contributed by atoms with Gasteiger partial charge in [-0.15, -0.1) is 0 Å². The van der Waals surface area contributed by atoms with Crippen LogP contribution >= 0.6 is 0 Å². The highest BCUT2D eigenvalue weighted by Gasteiger charge is 2.25. The molecule has 12 heavy (non-hydrogen) atoms. The van der Waals surface area contributed by atoms with Gasteiger partial charge < -0.3 is 11.1 Å². The lowest BCUT2D eigenvalue weighted by atomic mass is 10.1. The molecule has 0 aliphatic heterocycles. The average Bonchev–Trinajstić information content (AvgIpc) is 2.83. The maximum atomic E-state index is 11.3. The minimum Gasteiger partial charge on any atom is -0.352 e. The Kier molecular flexibility index (Phi) is 3.53. The summed E-state index contributed by atoms with van der Waals surface area (Å²) >= 11 is 0. The molecule has 1 atom stereocenters. The Balaban J connectivity index is 2.11. The van der Waals surface area contributed by atoms with E-state index < -0.39 is 0 Å². The van der Waals surface area contributed by atoms with Crippen molar-refractivity contribution in [2.24, 2.45) is 5.73 Å². The van der Waals surface area contributed by atoms with Gasteiger partial charge in [-0.25, -0.2) is 0 Å². The van der Waals surface area contributed by atoms with Crippen LogP contribution in [0.2, 0.25) is 0 Å². The van der Waals surface area contributed by atoms with Gasteiger partial charge in [-0.05, 0) is 19.3 Å². The van der Waals surface area contributed by atoms with Crippen molar-refractivity contribution in [3.63, 3.8) is 0 Å². The van der Waals surface area contributed by atoms with Crippen molar-refractivity contribution in [1.29, 1.82) is 0 Å². The van der Waals surface area contributed by atoms with Gasteiger partial charge in [0, 0.05) is 6.04 Å². The third kappa shape index (κ3) is 3.22. The molecule has 1 saturated carbocycles. The predicted molar refractivity (Wildman–Crippen MR) is 48.7 cm³/mol. The number of nitrogens with one attached hydrogen (secondary N) is 1. The van der Waals surface area contributed by atoms with E-state index in [1.165, 1.54) is 0 Å². The molecule has 70 valence electrons. The third-order valence-electron chi connectivity index (χ3n) is 2.13. The van der Waals surface area contributed by atoms with Crippen molar-refractivity contribution in [2.75, 3.05) is 0 Å². The monoisotopic (exact) mass is 170 g/mol. The van der Waals surface area contributed by atoms with Gasteiger partial charge in [0.25, 0.3) is 0 Å². The van der Waals surface area contributed by atoms with Gasteiger partial charge in [-0.1, -0.05) is 19.8 Å². The van der Waals surface area contributed by atoms with Gasteiger partial charge in [-0.3, -0.25) is 4.79 Å². The smallest absolute Gasteiger partial charge is 0.237 e. The topological polar surface area (TPSA) is 55.1 Å². The Labute approximate surface area is 73.7 Å². The lowest BCUT2D eigenvalue weighted by Gasteiger charge is -2.10. The highest BCUT2D eigenvalue weighted by atomic mass is 16.2. The first-order valence-electron chi connectivity index (χ1n) is 4.80. The molecule has 1 amide bonds. The third-order valence-corrected chi connectivity index (χ3v) is 2.13. The van der Waals surface area contributed by atoms with Crippen molar-refractivity contribution in [3.8, 4) is 0 Å². The second-order valence-corrected chi connectivity index (χ2v) is 3.53. The summed E-state index contributed by atoms with van der Waals surface area (Å²) in [5.41, 5.74) is 5.67. The first-order chi connectivity index (χ1) is 5.74. The van der Waals surface area contributed by atoms with Crippen LogP contribution in [0, 0.1) is 0 Å². The highest BCUT2D eigenvalue weighted by Crippen LogP contribution is 2.18. The van der Waals surface area contributed by atoms with Crippen LogP contribution in [-0.2, 0) is 4.79 Å². The molecule has 1 fully saturated rings. The first-order valence-corrected chi connectivity index (χ1v) is 4.80. The van der Waals surface area contributed by atoms with E-state index in [0.717, 1.165) is 32.1 Å². The molecule has 0 radical (unpaired) electrons. The summed E-state index contributed by atoms with van der Waals surface area (Å²) in [4.78, 5) is 11.3. The molecule has 3 N–H and O–H groups in total.